The van der Waals surface area contributed by atoms with Crippen LogP contribution in [0.15, 0.2) is 29.3 Å². The van der Waals surface area contributed by atoms with E-state index >= 15 is 0 Å². The Hall–Kier alpha value is -1.77. The summed E-state index contributed by atoms with van der Waals surface area (Å²) in [6.45, 7) is 0. The molecule has 0 bridgehead atoms. The van der Waals surface area contributed by atoms with E-state index in [0.717, 1.165) is 0 Å². The average Bonchev–Trinajstić information content (AvgIpc) is 2.12. The van der Waals surface area contributed by atoms with E-state index in [0.29, 0.717) is 11.1 Å². The van der Waals surface area contributed by atoms with Crippen molar-refractivity contribution < 1.29 is 9.59 Å². The Kier molecular flexibility index (Phi) is 1.37. The largest absolute Gasteiger partial charge is 0.318 e. The lowest BCUT2D eigenvalue weighted by Crippen LogP contribution is -2.18. The Morgan fingerprint density at radius 2 is 1.83 bits per heavy atom. The van der Waals surface area contributed by atoms with Crippen molar-refractivity contribution in [2.24, 2.45) is 4.99 Å². The molecule has 0 radical (unpaired) electrons. The van der Waals surface area contributed by atoms with Crippen molar-refractivity contribution in [3.63, 3.8) is 0 Å². The highest BCUT2D eigenvalue weighted by Gasteiger charge is 2.20. The van der Waals surface area contributed by atoms with Crippen molar-refractivity contribution in [1.29, 1.82) is 0 Å². The van der Waals surface area contributed by atoms with Gasteiger partial charge >= 0.3 is 5.91 Å². The summed E-state index contributed by atoms with van der Waals surface area (Å²) >= 11 is 0. The van der Waals surface area contributed by atoms with Gasteiger partial charge in [-0.15, -0.1) is 0 Å². The highest BCUT2D eigenvalue weighted by molar-refractivity contribution is 6.46. The number of hydrogen-bond acceptors (Lipinski definition) is 2. The molecule has 0 atom stereocenters. The van der Waals surface area contributed by atoms with Gasteiger partial charge in [0.15, 0.2) is 0 Å². The van der Waals surface area contributed by atoms with E-state index in [1.54, 1.807) is 24.3 Å². The maximum Gasteiger partial charge on any atom is 0.318 e. The minimum Gasteiger partial charge on any atom is -0.283 e. The monoisotopic (exact) mass is 159 g/mol. The number of ketones is 1. The van der Waals surface area contributed by atoms with Crippen LogP contribution < -0.4 is 0 Å². The summed E-state index contributed by atoms with van der Waals surface area (Å²) in [4.78, 5) is 25.4. The van der Waals surface area contributed by atoms with Crippen LogP contribution in [-0.2, 0) is 4.79 Å². The van der Waals surface area contributed by atoms with Gasteiger partial charge in [-0.1, -0.05) is 24.3 Å². The van der Waals surface area contributed by atoms with Crippen LogP contribution in [0.2, 0.25) is 0 Å². The first-order valence-electron chi connectivity index (χ1n) is 3.51. The van der Waals surface area contributed by atoms with Gasteiger partial charge in [0.05, 0.1) is 0 Å². The highest BCUT2D eigenvalue weighted by Crippen LogP contribution is 2.11. The first-order valence-corrected chi connectivity index (χ1v) is 3.51. The SMILES string of the molecule is O=C1N=Cc2ccccc2C1=O. The molecule has 1 aliphatic rings. The van der Waals surface area contributed by atoms with E-state index in [1.165, 1.54) is 6.21 Å². The van der Waals surface area contributed by atoms with E-state index in [2.05, 4.69) is 4.99 Å². The second-order valence-corrected chi connectivity index (χ2v) is 2.48. The zero-order valence-electron chi connectivity index (χ0n) is 6.15. The summed E-state index contributed by atoms with van der Waals surface area (Å²) in [6.07, 6.45) is 1.42. The lowest BCUT2D eigenvalue weighted by molar-refractivity contribution is -0.113. The summed E-state index contributed by atoms with van der Waals surface area (Å²) in [5, 5.41) is 0. The van der Waals surface area contributed by atoms with Gasteiger partial charge in [-0.25, -0.2) is 4.99 Å². The number of rotatable bonds is 0. The maximum atomic E-state index is 11.2. The predicted molar refractivity (Wildman–Crippen MR) is 43.4 cm³/mol. The van der Waals surface area contributed by atoms with Gasteiger partial charge in [0.25, 0.3) is 5.78 Å². The summed E-state index contributed by atoms with van der Waals surface area (Å²) in [5.74, 6) is -1.21. The number of amides is 1. The van der Waals surface area contributed by atoms with Crippen LogP contribution in [0, 0.1) is 0 Å². The number of carbonyl (C=O) groups excluding carboxylic acids is 2. The molecule has 1 amide bonds. The molecule has 1 aromatic rings. The number of nitrogens with zero attached hydrogens (tertiary/aromatic N) is 1. The number of benzene rings is 1. The van der Waals surface area contributed by atoms with Crippen LogP contribution >= 0.6 is 0 Å². The Morgan fingerprint density at radius 1 is 1.08 bits per heavy atom. The quantitative estimate of drug-likeness (QED) is 0.526. The molecule has 58 valence electrons. The third-order valence-electron chi connectivity index (χ3n) is 1.72. The molecule has 0 saturated carbocycles. The molecule has 0 aliphatic carbocycles. The molecule has 0 aromatic heterocycles. The Bertz CT molecular complexity index is 393. The normalized spacial score (nSPS) is 14.7. The summed E-state index contributed by atoms with van der Waals surface area (Å²) in [7, 11) is 0. The fraction of sp³-hybridized carbons (Fsp3) is 0. The fourth-order valence-electron chi connectivity index (χ4n) is 1.12. The van der Waals surface area contributed by atoms with Crippen molar-refractivity contribution in [1.82, 2.24) is 0 Å². The van der Waals surface area contributed by atoms with Gasteiger partial charge in [0, 0.05) is 17.3 Å². The second-order valence-electron chi connectivity index (χ2n) is 2.48. The molecular weight excluding hydrogens is 154 g/mol. The van der Waals surface area contributed by atoms with Gasteiger partial charge in [-0.3, -0.25) is 9.59 Å². The van der Waals surface area contributed by atoms with E-state index in [1.807, 2.05) is 0 Å². The van der Waals surface area contributed by atoms with Crippen LogP contribution in [0.1, 0.15) is 15.9 Å². The Balaban J connectivity index is 2.67. The second kappa shape index (κ2) is 2.37. The van der Waals surface area contributed by atoms with Gasteiger partial charge < -0.3 is 0 Å². The molecule has 0 spiro atoms. The third kappa shape index (κ3) is 0.871. The molecule has 0 saturated heterocycles. The maximum absolute atomic E-state index is 11.2. The fourth-order valence-corrected chi connectivity index (χ4v) is 1.12. The van der Waals surface area contributed by atoms with Crippen LogP contribution in [0.5, 0.6) is 0 Å². The summed E-state index contributed by atoms with van der Waals surface area (Å²) in [5.41, 5.74) is 1.15. The lowest BCUT2D eigenvalue weighted by atomic mass is 10.0. The third-order valence-corrected chi connectivity index (χ3v) is 1.72. The molecule has 2 rings (SSSR count). The van der Waals surface area contributed by atoms with E-state index < -0.39 is 11.7 Å². The Labute approximate surface area is 68.7 Å². The van der Waals surface area contributed by atoms with Crippen LogP contribution in [0.4, 0.5) is 0 Å². The molecule has 12 heavy (non-hydrogen) atoms. The number of Topliss-reactive ketones (excluding diaryl/α,β-unsaturated/α-hetero) is 1. The standard InChI is InChI=1S/C9H5NO2/c11-8-7-4-2-1-3-6(7)5-10-9(8)12/h1-5H. The molecular formula is C9H5NO2. The molecule has 0 unspecified atom stereocenters. The topological polar surface area (TPSA) is 46.5 Å². The molecule has 0 N–H and O–H groups in total. The average molecular weight is 159 g/mol. The summed E-state index contributed by atoms with van der Waals surface area (Å²) in [6, 6.07) is 6.90. The van der Waals surface area contributed by atoms with Crippen molar-refractivity contribution in [2.75, 3.05) is 0 Å². The smallest absolute Gasteiger partial charge is 0.283 e. The van der Waals surface area contributed by atoms with Gasteiger partial charge in [-0.2, -0.15) is 0 Å². The zero-order chi connectivity index (χ0) is 8.55. The first-order chi connectivity index (χ1) is 5.79. The first kappa shape index (κ1) is 6.91. The van der Waals surface area contributed by atoms with E-state index in [9.17, 15) is 9.59 Å². The molecule has 1 aromatic carbocycles. The van der Waals surface area contributed by atoms with Crippen molar-refractivity contribution >= 4 is 17.9 Å². The molecule has 3 heteroatoms. The predicted octanol–water partition coefficient (Wildman–Crippen LogP) is 0.828. The number of hydrogen-bond donors (Lipinski definition) is 0. The summed E-state index contributed by atoms with van der Waals surface area (Å²) < 4.78 is 0. The molecule has 0 fully saturated rings. The van der Waals surface area contributed by atoms with Crippen LogP contribution in [-0.4, -0.2) is 17.9 Å². The number of carbonyl (C=O) groups is 2. The van der Waals surface area contributed by atoms with E-state index in [4.69, 9.17) is 0 Å². The van der Waals surface area contributed by atoms with Crippen molar-refractivity contribution in [2.45, 2.75) is 0 Å². The zero-order valence-corrected chi connectivity index (χ0v) is 6.15. The van der Waals surface area contributed by atoms with Crippen LogP contribution in [0.25, 0.3) is 0 Å². The van der Waals surface area contributed by atoms with Gasteiger partial charge in [-0.05, 0) is 0 Å². The van der Waals surface area contributed by atoms with Crippen molar-refractivity contribution in [3.8, 4) is 0 Å². The van der Waals surface area contributed by atoms with Crippen molar-refractivity contribution in [3.05, 3.63) is 35.4 Å². The number of fused-ring (bicyclic) bond motifs is 1. The van der Waals surface area contributed by atoms with Crippen LogP contribution in [0.3, 0.4) is 0 Å². The lowest BCUT2D eigenvalue weighted by Gasteiger charge is -2.05. The van der Waals surface area contributed by atoms with Gasteiger partial charge in [0.2, 0.25) is 0 Å². The Morgan fingerprint density at radius 3 is 2.67 bits per heavy atom. The minimum atomic E-state index is -0.686. The highest BCUT2D eigenvalue weighted by atomic mass is 16.2. The molecule has 1 heterocycles. The van der Waals surface area contributed by atoms with Gasteiger partial charge in [0.1, 0.15) is 0 Å². The molecule has 3 nitrogen and oxygen atoms in total. The minimum absolute atomic E-state index is 0.442. The number of aliphatic imine (C=N–C) groups is 1. The van der Waals surface area contributed by atoms with E-state index in [-0.39, 0.29) is 0 Å². The molecule has 1 aliphatic heterocycles.